The molecular formula is C19H23ClN2O2. The molecule has 0 saturated carbocycles. The van der Waals surface area contributed by atoms with Crippen LogP contribution in [0, 0.1) is 6.92 Å². The number of benzene rings is 1. The molecule has 1 aromatic carbocycles. The summed E-state index contributed by atoms with van der Waals surface area (Å²) in [6.45, 7) is 6.71. The van der Waals surface area contributed by atoms with Crippen LogP contribution in [0.2, 0.25) is 0 Å². The fourth-order valence-corrected chi connectivity index (χ4v) is 3.76. The zero-order valence-corrected chi connectivity index (χ0v) is 15.1. The van der Waals surface area contributed by atoms with Gasteiger partial charge in [0.1, 0.15) is 11.6 Å². The normalized spacial score (nSPS) is 18.9. The van der Waals surface area contributed by atoms with Crippen LogP contribution < -0.4 is 0 Å². The highest BCUT2D eigenvalue weighted by Crippen LogP contribution is 2.44. The Hall–Kier alpha value is -1.81. The highest BCUT2D eigenvalue weighted by Gasteiger charge is 2.36. The predicted molar refractivity (Wildman–Crippen MR) is 94.0 cm³/mol. The van der Waals surface area contributed by atoms with Crippen molar-refractivity contribution in [1.29, 1.82) is 0 Å². The number of hydrogen-bond donors (Lipinski definition) is 0. The average Bonchev–Trinajstić information content (AvgIpc) is 2.98. The number of carbonyl (C=O) groups excluding carboxylic acids is 1. The molecule has 1 aliphatic rings. The van der Waals surface area contributed by atoms with Crippen molar-refractivity contribution in [3.05, 3.63) is 53.2 Å². The maximum Gasteiger partial charge on any atom is 0.238 e. The van der Waals surface area contributed by atoms with Crippen molar-refractivity contribution in [2.24, 2.45) is 0 Å². The second-order valence-corrected chi connectivity index (χ2v) is 7.29. The van der Waals surface area contributed by atoms with E-state index in [0.717, 1.165) is 12.8 Å². The van der Waals surface area contributed by atoms with Gasteiger partial charge in [0.05, 0.1) is 18.8 Å². The lowest BCUT2D eigenvalue weighted by atomic mass is 9.70. The SMILES string of the molecule is Cc1ncc(CN(C(=O)CCl)C2CCC(C)(C)c3ccccc32)o1. The largest absolute Gasteiger partial charge is 0.444 e. The van der Waals surface area contributed by atoms with Crippen LogP contribution in [0.15, 0.2) is 34.9 Å². The van der Waals surface area contributed by atoms with E-state index in [9.17, 15) is 4.79 Å². The number of oxazole rings is 1. The van der Waals surface area contributed by atoms with Gasteiger partial charge in [-0.3, -0.25) is 4.79 Å². The Bertz CT molecular complexity index is 738. The third-order valence-corrected chi connectivity index (χ3v) is 5.13. The quantitative estimate of drug-likeness (QED) is 0.772. The molecule has 5 heteroatoms. The van der Waals surface area contributed by atoms with E-state index in [0.29, 0.717) is 18.2 Å². The summed E-state index contributed by atoms with van der Waals surface area (Å²) in [6, 6.07) is 8.42. The Morgan fingerprint density at radius 3 is 2.83 bits per heavy atom. The van der Waals surface area contributed by atoms with Crippen LogP contribution in [-0.4, -0.2) is 21.7 Å². The number of aromatic nitrogens is 1. The summed E-state index contributed by atoms with van der Waals surface area (Å²) in [6.07, 6.45) is 3.62. The van der Waals surface area contributed by atoms with Crippen molar-refractivity contribution < 1.29 is 9.21 Å². The van der Waals surface area contributed by atoms with Gasteiger partial charge in [0, 0.05) is 6.92 Å². The Morgan fingerprint density at radius 2 is 2.17 bits per heavy atom. The van der Waals surface area contributed by atoms with Crippen molar-refractivity contribution >= 4 is 17.5 Å². The van der Waals surface area contributed by atoms with Gasteiger partial charge in [-0.15, -0.1) is 11.6 Å². The standard InChI is InChI=1S/C19H23ClN2O2/c1-13-21-11-14(24-13)12-22(18(23)10-20)17-8-9-19(2,3)16-7-5-4-6-15(16)17/h4-7,11,17H,8-10,12H2,1-3H3. The topological polar surface area (TPSA) is 46.3 Å². The average molecular weight is 347 g/mol. The molecule has 0 bridgehead atoms. The predicted octanol–water partition coefficient (Wildman–Crippen LogP) is 4.36. The molecular weight excluding hydrogens is 324 g/mol. The molecule has 24 heavy (non-hydrogen) atoms. The number of alkyl halides is 1. The van der Waals surface area contributed by atoms with E-state index >= 15 is 0 Å². The molecule has 0 radical (unpaired) electrons. The van der Waals surface area contributed by atoms with Crippen LogP contribution in [0.3, 0.4) is 0 Å². The number of halogens is 1. The lowest BCUT2D eigenvalue weighted by Crippen LogP contribution is -2.39. The summed E-state index contributed by atoms with van der Waals surface area (Å²) >= 11 is 5.88. The monoisotopic (exact) mass is 346 g/mol. The molecule has 4 nitrogen and oxygen atoms in total. The molecule has 1 atom stereocenters. The lowest BCUT2D eigenvalue weighted by Gasteiger charge is -2.41. The molecule has 0 N–H and O–H groups in total. The van der Waals surface area contributed by atoms with E-state index in [1.807, 2.05) is 11.0 Å². The van der Waals surface area contributed by atoms with E-state index in [4.69, 9.17) is 16.0 Å². The summed E-state index contributed by atoms with van der Waals surface area (Å²) in [4.78, 5) is 18.5. The molecule has 1 heterocycles. The zero-order valence-electron chi connectivity index (χ0n) is 14.4. The Balaban J connectivity index is 1.97. The first-order valence-corrected chi connectivity index (χ1v) is 8.82. The number of nitrogens with zero attached hydrogens (tertiary/aromatic N) is 2. The molecule has 1 aromatic heterocycles. The first-order valence-electron chi connectivity index (χ1n) is 8.28. The molecule has 0 spiro atoms. The molecule has 1 aliphatic carbocycles. The third kappa shape index (κ3) is 3.20. The van der Waals surface area contributed by atoms with E-state index in [2.05, 4.69) is 37.0 Å². The summed E-state index contributed by atoms with van der Waals surface area (Å²) in [5.41, 5.74) is 2.64. The van der Waals surface area contributed by atoms with Gasteiger partial charge in [-0.25, -0.2) is 4.98 Å². The number of hydrogen-bond acceptors (Lipinski definition) is 3. The molecule has 3 rings (SSSR count). The van der Waals surface area contributed by atoms with Crippen molar-refractivity contribution in [1.82, 2.24) is 9.88 Å². The van der Waals surface area contributed by atoms with Crippen molar-refractivity contribution in [3.63, 3.8) is 0 Å². The van der Waals surface area contributed by atoms with Crippen LogP contribution in [-0.2, 0) is 16.8 Å². The Kier molecular flexibility index (Phi) is 4.68. The second-order valence-electron chi connectivity index (χ2n) is 7.03. The number of rotatable bonds is 4. The summed E-state index contributed by atoms with van der Waals surface area (Å²) in [5, 5.41) is 0. The van der Waals surface area contributed by atoms with Gasteiger partial charge < -0.3 is 9.32 Å². The Labute approximate surface area is 147 Å². The van der Waals surface area contributed by atoms with Gasteiger partial charge >= 0.3 is 0 Å². The van der Waals surface area contributed by atoms with E-state index in [1.54, 1.807) is 13.1 Å². The maximum absolute atomic E-state index is 12.5. The zero-order chi connectivity index (χ0) is 17.3. The summed E-state index contributed by atoms with van der Waals surface area (Å²) in [5.74, 6) is 1.18. The van der Waals surface area contributed by atoms with Gasteiger partial charge in [-0.2, -0.15) is 0 Å². The molecule has 128 valence electrons. The first-order chi connectivity index (χ1) is 11.4. The number of amides is 1. The van der Waals surface area contributed by atoms with Gasteiger partial charge in [0.25, 0.3) is 0 Å². The number of aryl methyl sites for hydroxylation is 1. The van der Waals surface area contributed by atoms with Gasteiger partial charge in [0.15, 0.2) is 5.89 Å². The smallest absolute Gasteiger partial charge is 0.238 e. The lowest BCUT2D eigenvalue weighted by molar-refractivity contribution is -0.132. The molecule has 1 unspecified atom stereocenters. The minimum absolute atomic E-state index is 0.0193. The van der Waals surface area contributed by atoms with Crippen molar-refractivity contribution in [3.8, 4) is 0 Å². The minimum atomic E-state index is -0.0785. The van der Waals surface area contributed by atoms with Crippen LogP contribution >= 0.6 is 11.6 Å². The van der Waals surface area contributed by atoms with Gasteiger partial charge in [0.2, 0.25) is 5.91 Å². The van der Waals surface area contributed by atoms with Crippen LogP contribution in [0.4, 0.5) is 0 Å². The van der Waals surface area contributed by atoms with E-state index < -0.39 is 0 Å². The first kappa shape index (κ1) is 17.0. The van der Waals surface area contributed by atoms with Gasteiger partial charge in [-0.1, -0.05) is 38.1 Å². The fraction of sp³-hybridized carbons (Fsp3) is 0.474. The van der Waals surface area contributed by atoms with E-state index in [1.165, 1.54) is 11.1 Å². The van der Waals surface area contributed by atoms with Crippen LogP contribution in [0.25, 0.3) is 0 Å². The molecule has 2 aromatic rings. The highest BCUT2D eigenvalue weighted by atomic mass is 35.5. The molecule has 0 aliphatic heterocycles. The Morgan fingerprint density at radius 1 is 1.42 bits per heavy atom. The number of fused-ring (bicyclic) bond motifs is 1. The molecule has 0 fully saturated rings. The second kappa shape index (κ2) is 6.60. The molecule has 1 amide bonds. The van der Waals surface area contributed by atoms with Gasteiger partial charge in [-0.05, 0) is 29.4 Å². The minimum Gasteiger partial charge on any atom is -0.444 e. The maximum atomic E-state index is 12.5. The van der Waals surface area contributed by atoms with Crippen molar-refractivity contribution in [2.45, 2.75) is 51.6 Å². The summed E-state index contributed by atoms with van der Waals surface area (Å²) in [7, 11) is 0. The summed E-state index contributed by atoms with van der Waals surface area (Å²) < 4.78 is 5.58. The fourth-order valence-electron chi connectivity index (χ4n) is 3.61. The number of carbonyl (C=O) groups is 1. The van der Waals surface area contributed by atoms with Crippen LogP contribution in [0.5, 0.6) is 0 Å². The highest BCUT2D eigenvalue weighted by molar-refractivity contribution is 6.27. The van der Waals surface area contributed by atoms with Crippen LogP contribution in [0.1, 0.15) is 55.5 Å². The van der Waals surface area contributed by atoms with E-state index in [-0.39, 0.29) is 23.2 Å². The third-order valence-electron chi connectivity index (χ3n) is 4.90. The molecule has 0 saturated heterocycles. The van der Waals surface area contributed by atoms with Crippen molar-refractivity contribution in [2.75, 3.05) is 5.88 Å².